The molecule has 1 aliphatic heterocycles. The number of aliphatic carboxylic acids is 1. The molecule has 4 heterocycles. The van der Waals surface area contributed by atoms with Gasteiger partial charge in [0.25, 0.3) is 11.5 Å². The number of para-hydroxylation sites is 1. The van der Waals surface area contributed by atoms with Gasteiger partial charge in [0.05, 0.1) is 27.9 Å². The first-order valence-corrected chi connectivity index (χ1v) is 16.7. The first kappa shape index (κ1) is 35.5. The fraction of sp³-hybridized carbons (Fsp3) is 0.270. The molecule has 2 aromatic carbocycles. The molecule has 0 radical (unpaired) electrons. The Labute approximate surface area is 298 Å². The van der Waals surface area contributed by atoms with E-state index in [9.17, 15) is 24.6 Å². The summed E-state index contributed by atoms with van der Waals surface area (Å²) in [5.41, 5.74) is 2.16. The number of fused-ring (bicyclic) bond motifs is 1. The predicted molar refractivity (Wildman–Crippen MR) is 195 cm³/mol. The molecule has 0 unspecified atom stereocenters. The van der Waals surface area contributed by atoms with E-state index in [2.05, 4.69) is 30.8 Å². The van der Waals surface area contributed by atoms with E-state index in [4.69, 9.17) is 16.7 Å². The molecule has 264 valence electrons. The van der Waals surface area contributed by atoms with E-state index in [-0.39, 0.29) is 27.9 Å². The van der Waals surface area contributed by atoms with Crippen LogP contribution < -0.4 is 21.5 Å². The van der Waals surface area contributed by atoms with Gasteiger partial charge in [0.2, 0.25) is 0 Å². The van der Waals surface area contributed by atoms with Crippen LogP contribution in [-0.2, 0) is 24.9 Å². The van der Waals surface area contributed by atoms with Gasteiger partial charge in [-0.15, -0.1) is 0 Å². The summed E-state index contributed by atoms with van der Waals surface area (Å²) in [5, 5.41) is 40.6. The second-order valence-electron chi connectivity index (χ2n) is 13.3. The molecule has 0 spiro atoms. The summed E-state index contributed by atoms with van der Waals surface area (Å²) in [6.45, 7) is 5.60. The number of aryl methyl sites for hydroxylation is 1. The van der Waals surface area contributed by atoms with Crippen molar-refractivity contribution in [2.45, 2.75) is 32.5 Å². The van der Waals surface area contributed by atoms with Crippen LogP contribution in [0.3, 0.4) is 0 Å². The Balaban J connectivity index is 1.21. The molecule has 6 rings (SSSR count). The summed E-state index contributed by atoms with van der Waals surface area (Å²) in [6, 6.07) is 15.5. The lowest BCUT2D eigenvalue weighted by Crippen LogP contribution is -2.49. The van der Waals surface area contributed by atoms with Crippen molar-refractivity contribution in [1.29, 1.82) is 0 Å². The van der Waals surface area contributed by atoms with Crippen molar-refractivity contribution in [3.05, 3.63) is 105 Å². The van der Waals surface area contributed by atoms with E-state index < -0.39 is 23.0 Å². The van der Waals surface area contributed by atoms with Crippen molar-refractivity contribution in [3.63, 3.8) is 0 Å². The number of aromatic hydroxyl groups is 1. The van der Waals surface area contributed by atoms with Gasteiger partial charge >= 0.3 is 5.97 Å². The van der Waals surface area contributed by atoms with Crippen molar-refractivity contribution < 1.29 is 24.9 Å². The minimum absolute atomic E-state index is 0.0775. The highest BCUT2D eigenvalue weighted by Gasteiger charge is 2.32. The van der Waals surface area contributed by atoms with Gasteiger partial charge in [-0.25, -0.2) is 4.98 Å². The number of benzene rings is 2. The number of hydrogen-bond acceptors (Lipinski definition) is 10. The second-order valence-corrected chi connectivity index (χ2v) is 13.7. The number of nitrogens with zero attached hydrogens (tertiary/aromatic N) is 4. The van der Waals surface area contributed by atoms with E-state index in [0.29, 0.717) is 66.4 Å². The topological polar surface area (TPSA) is 182 Å². The zero-order valence-electron chi connectivity index (χ0n) is 28.3. The molecule has 1 amide bonds. The third-order valence-corrected chi connectivity index (χ3v) is 8.97. The number of likely N-dealkylation sites (tertiary alicyclic amines) is 1. The predicted octanol–water partition coefficient (Wildman–Crippen LogP) is 4.73. The highest BCUT2D eigenvalue weighted by molar-refractivity contribution is 6.36. The van der Waals surface area contributed by atoms with Crippen LogP contribution >= 0.6 is 11.6 Å². The summed E-state index contributed by atoms with van der Waals surface area (Å²) in [5.74, 6) is -1.45. The largest absolute Gasteiger partial charge is 0.505 e. The molecule has 51 heavy (non-hydrogen) atoms. The van der Waals surface area contributed by atoms with Crippen LogP contribution in [0.2, 0.25) is 5.02 Å². The zero-order valence-corrected chi connectivity index (χ0v) is 29.0. The summed E-state index contributed by atoms with van der Waals surface area (Å²) < 4.78 is 1.33. The second kappa shape index (κ2) is 14.5. The van der Waals surface area contributed by atoms with Crippen molar-refractivity contribution in [2.24, 2.45) is 13.0 Å². The molecule has 0 bridgehead atoms. The third kappa shape index (κ3) is 8.02. The average Bonchev–Trinajstić information content (AvgIpc) is 3.05. The van der Waals surface area contributed by atoms with E-state index >= 15 is 0 Å². The van der Waals surface area contributed by atoms with E-state index in [1.165, 1.54) is 10.6 Å². The number of carbonyl (C=O) groups excluding carboxylic acids is 1. The molecule has 1 saturated heterocycles. The molecular formula is C37H38ClN7O6. The number of phenolic OH excluding ortho intramolecular Hbond substituents is 1. The van der Waals surface area contributed by atoms with Gasteiger partial charge in [-0.05, 0) is 55.3 Å². The highest BCUT2D eigenvalue weighted by atomic mass is 35.5. The van der Waals surface area contributed by atoms with Crippen LogP contribution in [0.15, 0.2) is 78.0 Å². The van der Waals surface area contributed by atoms with Crippen LogP contribution in [0.1, 0.15) is 35.3 Å². The van der Waals surface area contributed by atoms with Gasteiger partial charge in [-0.2, -0.15) is 0 Å². The number of rotatable bonds is 12. The molecule has 3 aromatic heterocycles. The Bertz CT molecular complexity index is 2190. The lowest BCUT2D eigenvalue weighted by molar-refractivity contribution is -0.147. The number of aromatic nitrogens is 3. The Kier molecular flexibility index (Phi) is 10.1. The molecule has 1 fully saturated rings. The third-order valence-electron chi connectivity index (χ3n) is 8.57. The normalized spacial score (nSPS) is 13.6. The number of halogens is 1. The molecule has 0 aliphatic carbocycles. The molecule has 5 aromatic rings. The number of nitrogens with one attached hydrogen (secondary N) is 3. The lowest BCUT2D eigenvalue weighted by Gasteiger charge is -2.36. The summed E-state index contributed by atoms with van der Waals surface area (Å²) in [4.78, 5) is 48.6. The van der Waals surface area contributed by atoms with Gasteiger partial charge in [0.15, 0.2) is 5.82 Å². The van der Waals surface area contributed by atoms with Gasteiger partial charge < -0.3 is 35.8 Å². The Hall–Kier alpha value is -5.34. The number of carbonyl (C=O) groups is 2. The quantitative estimate of drug-likeness (QED) is 0.0985. The zero-order chi connectivity index (χ0) is 36.4. The van der Waals surface area contributed by atoms with E-state index in [1.54, 1.807) is 75.9 Å². The standard InChI is InChI=1S/C37H38ClN7O6/c1-37(2,51)20-39-14-22-13-27(35(48)44(3)16-22)34(47)43-28-8-4-6-25(30(28)38)26-7-5-9-29(32(26)46)42-33-31-23(10-11-40-33)12-21(15-41-31)17-45-18-24(19-45)36(49)50/h4-13,15-16,24,39,46,51H,14,17-20H2,1-3H3,(H,40,42)(H,43,47)(H,49,50). The molecule has 0 saturated carbocycles. The molecule has 13 nitrogen and oxygen atoms in total. The smallest absolute Gasteiger partial charge is 0.309 e. The van der Waals surface area contributed by atoms with Crippen molar-refractivity contribution >= 4 is 51.6 Å². The van der Waals surface area contributed by atoms with Crippen molar-refractivity contribution in [2.75, 3.05) is 30.3 Å². The number of carboxylic acid groups (broad SMARTS) is 1. The van der Waals surface area contributed by atoms with Crippen LogP contribution in [0, 0.1) is 5.92 Å². The van der Waals surface area contributed by atoms with E-state index in [1.807, 2.05) is 12.1 Å². The minimum atomic E-state index is -0.923. The van der Waals surface area contributed by atoms with Crippen molar-refractivity contribution in [1.82, 2.24) is 24.8 Å². The summed E-state index contributed by atoms with van der Waals surface area (Å²) in [6.07, 6.45) is 5.00. The maximum Gasteiger partial charge on any atom is 0.309 e. The fourth-order valence-electron chi connectivity index (χ4n) is 5.97. The number of anilines is 3. The van der Waals surface area contributed by atoms with Gasteiger partial charge in [0, 0.05) is 74.9 Å². The molecule has 14 heteroatoms. The minimum Gasteiger partial charge on any atom is -0.505 e. The van der Waals surface area contributed by atoms with Crippen LogP contribution in [-0.4, -0.2) is 71.9 Å². The maximum absolute atomic E-state index is 13.4. The molecule has 0 atom stereocenters. The Morgan fingerprint density at radius 1 is 1.02 bits per heavy atom. The number of carboxylic acids is 1. The first-order chi connectivity index (χ1) is 24.3. The average molecular weight is 712 g/mol. The van der Waals surface area contributed by atoms with E-state index in [0.717, 1.165) is 10.9 Å². The SMILES string of the molecule is Cn1cc(CNCC(C)(C)O)cc(C(=O)Nc2cccc(-c3cccc(Nc4nccc5cc(CN6CC(C(=O)O)C6)cnc45)c3O)c2Cl)c1=O. The first-order valence-electron chi connectivity index (χ1n) is 16.3. The monoisotopic (exact) mass is 711 g/mol. The van der Waals surface area contributed by atoms with Gasteiger partial charge in [0.1, 0.15) is 16.8 Å². The maximum atomic E-state index is 13.4. The van der Waals surface area contributed by atoms with Crippen LogP contribution in [0.5, 0.6) is 5.75 Å². The van der Waals surface area contributed by atoms with Gasteiger partial charge in [-0.3, -0.25) is 24.3 Å². The fourth-order valence-corrected chi connectivity index (χ4v) is 6.24. The summed E-state index contributed by atoms with van der Waals surface area (Å²) in [7, 11) is 1.56. The number of pyridine rings is 3. The molecule has 6 N–H and O–H groups in total. The Morgan fingerprint density at radius 2 is 1.75 bits per heavy atom. The van der Waals surface area contributed by atoms with Crippen molar-refractivity contribution in [3.8, 4) is 16.9 Å². The number of phenols is 1. The number of aliphatic hydroxyl groups is 1. The number of hydrogen-bond donors (Lipinski definition) is 6. The highest BCUT2D eigenvalue weighted by Crippen LogP contribution is 2.42. The summed E-state index contributed by atoms with van der Waals surface area (Å²) >= 11 is 6.82. The molecule has 1 aliphatic rings. The van der Waals surface area contributed by atoms with Crippen LogP contribution in [0.25, 0.3) is 22.0 Å². The van der Waals surface area contributed by atoms with Crippen LogP contribution in [0.4, 0.5) is 17.2 Å². The number of amides is 1. The Morgan fingerprint density at radius 3 is 2.47 bits per heavy atom. The lowest BCUT2D eigenvalue weighted by atomic mass is 10.00. The van der Waals surface area contributed by atoms with Gasteiger partial charge in [-0.1, -0.05) is 35.9 Å². The molecular weight excluding hydrogens is 674 g/mol.